The summed E-state index contributed by atoms with van der Waals surface area (Å²) in [4.78, 5) is 2.78. The van der Waals surface area contributed by atoms with Gasteiger partial charge in [0.25, 0.3) is 0 Å². The van der Waals surface area contributed by atoms with Crippen LogP contribution < -0.4 is 0 Å². The number of hydrogen-bond acceptors (Lipinski definition) is 1. The molecular weight excluding hydrogens is 194 g/mol. The van der Waals surface area contributed by atoms with E-state index in [-0.39, 0.29) is 0 Å². The van der Waals surface area contributed by atoms with Crippen LogP contribution in [0, 0.1) is 5.92 Å². The van der Waals surface area contributed by atoms with Crippen LogP contribution in [0.1, 0.15) is 44.9 Å². The normalized spacial score (nSPS) is 43.1. The highest BCUT2D eigenvalue weighted by Gasteiger charge is 2.40. The van der Waals surface area contributed by atoms with Crippen molar-refractivity contribution < 1.29 is 0 Å². The van der Waals surface area contributed by atoms with Crippen molar-refractivity contribution in [3.05, 3.63) is 0 Å². The van der Waals surface area contributed by atoms with E-state index in [0.717, 1.165) is 18.0 Å². The Morgan fingerprint density at radius 2 is 1.64 bits per heavy atom. The van der Waals surface area contributed by atoms with Gasteiger partial charge in [0, 0.05) is 17.5 Å². The molecule has 0 amide bonds. The van der Waals surface area contributed by atoms with Crippen molar-refractivity contribution in [1.82, 2.24) is 4.90 Å². The van der Waals surface area contributed by atoms with Crippen LogP contribution in [0.15, 0.2) is 0 Å². The molecule has 0 aromatic rings. The molecule has 3 fully saturated rings. The first-order valence-electron chi connectivity index (χ1n) is 6.23. The van der Waals surface area contributed by atoms with Gasteiger partial charge in [-0.2, -0.15) is 0 Å². The highest BCUT2D eigenvalue weighted by atomic mass is 35.5. The van der Waals surface area contributed by atoms with Crippen molar-refractivity contribution in [2.75, 3.05) is 6.54 Å². The second-order valence-corrected chi connectivity index (χ2v) is 6.04. The number of alkyl halides is 1. The van der Waals surface area contributed by atoms with E-state index in [9.17, 15) is 0 Å². The third-order valence-corrected chi connectivity index (χ3v) is 4.68. The zero-order valence-corrected chi connectivity index (χ0v) is 9.55. The fourth-order valence-corrected chi connectivity index (χ4v) is 3.72. The molecule has 2 heteroatoms. The van der Waals surface area contributed by atoms with Gasteiger partial charge in [-0.05, 0) is 44.6 Å². The van der Waals surface area contributed by atoms with E-state index in [2.05, 4.69) is 4.90 Å². The van der Waals surface area contributed by atoms with E-state index < -0.39 is 0 Å². The largest absolute Gasteiger partial charge is 0.297 e. The standard InChI is InChI=1S/C12H20ClN/c13-10-7-11-3-4-12(8-10)14(11)6-5-9-1-2-9/h9-12H,1-8H2. The Morgan fingerprint density at radius 3 is 2.21 bits per heavy atom. The van der Waals surface area contributed by atoms with Gasteiger partial charge < -0.3 is 0 Å². The molecule has 1 saturated carbocycles. The lowest BCUT2D eigenvalue weighted by atomic mass is 10.0. The molecule has 14 heavy (non-hydrogen) atoms. The molecular formula is C12H20ClN. The number of nitrogens with zero attached hydrogens (tertiary/aromatic N) is 1. The van der Waals surface area contributed by atoms with Crippen LogP contribution in [-0.4, -0.2) is 28.9 Å². The van der Waals surface area contributed by atoms with E-state index in [1.54, 1.807) is 0 Å². The first-order chi connectivity index (χ1) is 6.83. The molecule has 2 unspecified atom stereocenters. The Balaban J connectivity index is 1.57. The van der Waals surface area contributed by atoms with Crippen molar-refractivity contribution in [3.63, 3.8) is 0 Å². The molecule has 0 radical (unpaired) electrons. The molecule has 2 heterocycles. The summed E-state index contributed by atoms with van der Waals surface area (Å²) >= 11 is 6.26. The van der Waals surface area contributed by atoms with Crippen molar-refractivity contribution in [1.29, 1.82) is 0 Å². The third kappa shape index (κ3) is 1.81. The smallest absolute Gasteiger partial charge is 0.0365 e. The fraction of sp³-hybridized carbons (Fsp3) is 1.00. The van der Waals surface area contributed by atoms with Crippen molar-refractivity contribution in [2.45, 2.75) is 62.4 Å². The zero-order chi connectivity index (χ0) is 9.54. The van der Waals surface area contributed by atoms with Crippen LogP contribution in [0.2, 0.25) is 0 Å². The molecule has 0 aromatic carbocycles. The Morgan fingerprint density at radius 1 is 1.00 bits per heavy atom. The summed E-state index contributed by atoms with van der Waals surface area (Å²) in [5, 5.41) is 0.477. The molecule has 2 saturated heterocycles. The van der Waals surface area contributed by atoms with Crippen LogP contribution in [0.4, 0.5) is 0 Å². The van der Waals surface area contributed by atoms with Crippen molar-refractivity contribution in [2.24, 2.45) is 5.92 Å². The second kappa shape index (κ2) is 3.68. The van der Waals surface area contributed by atoms with Crippen LogP contribution in [0.3, 0.4) is 0 Å². The SMILES string of the molecule is ClC1CC2CCC(C1)N2CCC1CC1. The van der Waals surface area contributed by atoms with Gasteiger partial charge in [0.1, 0.15) is 0 Å². The molecule has 3 aliphatic rings. The number of hydrogen-bond donors (Lipinski definition) is 0. The Hall–Kier alpha value is 0.250. The molecule has 2 aliphatic heterocycles. The first kappa shape index (κ1) is 9.47. The Labute approximate surface area is 91.8 Å². The number of rotatable bonds is 3. The van der Waals surface area contributed by atoms with Gasteiger partial charge in [-0.1, -0.05) is 12.8 Å². The van der Waals surface area contributed by atoms with Crippen LogP contribution in [0.5, 0.6) is 0 Å². The molecule has 2 bridgehead atoms. The van der Waals surface area contributed by atoms with E-state index in [1.165, 1.54) is 51.5 Å². The molecule has 1 aliphatic carbocycles. The zero-order valence-electron chi connectivity index (χ0n) is 8.79. The lowest BCUT2D eigenvalue weighted by Crippen LogP contribution is -2.43. The average molecular weight is 214 g/mol. The van der Waals surface area contributed by atoms with Gasteiger partial charge in [0.05, 0.1) is 0 Å². The van der Waals surface area contributed by atoms with E-state index in [0.29, 0.717) is 5.38 Å². The second-order valence-electron chi connectivity index (χ2n) is 5.42. The molecule has 0 spiro atoms. The maximum absolute atomic E-state index is 6.26. The van der Waals surface area contributed by atoms with Gasteiger partial charge in [-0.15, -0.1) is 11.6 Å². The lowest BCUT2D eigenvalue weighted by molar-refractivity contribution is 0.139. The number of halogens is 1. The summed E-state index contributed by atoms with van der Waals surface area (Å²) in [6.07, 6.45) is 9.80. The minimum atomic E-state index is 0.477. The highest BCUT2D eigenvalue weighted by molar-refractivity contribution is 6.20. The molecule has 1 nitrogen and oxygen atoms in total. The first-order valence-corrected chi connectivity index (χ1v) is 6.66. The predicted molar refractivity (Wildman–Crippen MR) is 59.7 cm³/mol. The summed E-state index contributed by atoms with van der Waals surface area (Å²) in [5.41, 5.74) is 0. The van der Waals surface area contributed by atoms with Gasteiger partial charge >= 0.3 is 0 Å². The van der Waals surface area contributed by atoms with Gasteiger partial charge in [-0.3, -0.25) is 4.90 Å². The van der Waals surface area contributed by atoms with Crippen LogP contribution >= 0.6 is 11.6 Å². The highest BCUT2D eigenvalue weighted by Crippen LogP contribution is 2.39. The van der Waals surface area contributed by atoms with Gasteiger partial charge in [-0.25, -0.2) is 0 Å². The Kier molecular flexibility index (Phi) is 2.49. The monoisotopic (exact) mass is 213 g/mol. The average Bonchev–Trinajstić information content (AvgIpc) is 2.92. The summed E-state index contributed by atoms with van der Waals surface area (Å²) in [6.45, 7) is 1.36. The number of piperidine rings is 1. The van der Waals surface area contributed by atoms with Crippen molar-refractivity contribution >= 4 is 11.6 Å². The predicted octanol–water partition coefficient (Wildman–Crippen LogP) is 3.02. The quantitative estimate of drug-likeness (QED) is 0.652. The third-order valence-electron chi connectivity index (χ3n) is 4.32. The summed E-state index contributed by atoms with van der Waals surface area (Å²) in [6, 6.07) is 1.69. The fourth-order valence-electron chi connectivity index (χ4n) is 3.31. The molecule has 2 atom stereocenters. The Bertz CT molecular complexity index is 200. The van der Waals surface area contributed by atoms with Gasteiger partial charge in [0.2, 0.25) is 0 Å². The molecule has 80 valence electrons. The molecule has 0 N–H and O–H groups in total. The van der Waals surface area contributed by atoms with E-state index in [4.69, 9.17) is 11.6 Å². The van der Waals surface area contributed by atoms with Crippen LogP contribution in [-0.2, 0) is 0 Å². The van der Waals surface area contributed by atoms with E-state index in [1.807, 2.05) is 0 Å². The molecule has 0 aromatic heterocycles. The minimum Gasteiger partial charge on any atom is -0.297 e. The van der Waals surface area contributed by atoms with Crippen molar-refractivity contribution in [3.8, 4) is 0 Å². The summed E-state index contributed by atoms with van der Waals surface area (Å²) in [7, 11) is 0. The minimum absolute atomic E-state index is 0.477. The maximum atomic E-state index is 6.26. The number of fused-ring (bicyclic) bond motifs is 2. The summed E-state index contributed by atoms with van der Waals surface area (Å²) < 4.78 is 0. The van der Waals surface area contributed by atoms with Crippen LogP contribution in [0.25, 0.3) is 0 Å². The molecule has 3 rings (SSSR count). The topological polar surface area (TPSA) is 3.24 Å². The maximum Gasteiger partial charge on any atom is 0.0365 e. The summed E-state index contributed by atoms with van der Waals surface area (Å²) in [5.74, 6) is 1.09. The lowest BCUT2D eigenvalue weighted by Gasteiger charge is -2.37. The van der Waals surface area contributed by atoms with E-state index >= 15 is 0 Å². The van der Waals surface area contributed by atoms with Gasteiger partial charge in [0.15, 0.2) is 0 Å².